The summed E-state index contributed by atoms with van der Waals surface area (Å²) < 4.78 is 29.5. The summed E-state index contributed by atoms with van der Waals surface area (Å²) in [5.74, 6) is 0. The van der Waals surface area contributed by atoms with E-state index in [0.717, 1.165) is 30.6 Å². The van der Waals surface area contributed by atoms with E-state index in [-0.39, 0.29) is 6.04 Å². The van der Waals surface area contributed by atoms with Gasteiger partial charge < -0.3 is 0 Å². The van der Waals surface area contributed by atoms with E-state index in [9.17, 15) is 8.42 Å². The first-order chi connectivity index (χ1) is 9.97. The minimum atomic E-state index is -3.43. The third kappa shape index (κ3) is 3.72. The minimum absolute atomic E-state index is 0.0637. The molecule has 1 unspecified atom stereocenters. The molecule has 0 aromatic carbocycles. The summed E-state index contributed by atoms with van der Waals surface area (Å²) in [4.78, 5) is 0. The maximum absolute atomic E-state index is 12.3. The molecule has 0 radical (unpaired) electrons. The van der Waals surface area contributed by atoms with Crippen molar-refractivity contribution in [3.63, 3.8) is 0 Å². The highest BCUT2D eigenvalue weighted by Crippen LogP contribution is 2.28. The highest BCUT2D eigenvalue weighted by atomic mass is 32.2. The van der Waals surface area contributed by atoms with E-state index >= 15 is 0 Å². The van der Waals surface area contributed by atoms with Crippen molar-refractivity contribution in [2.24, 2.45) is 0 Å². The molecule has 5 nitrogen and oxygen atoms in total. The Morgan fingerprint density at radius 3 is 2.86 bits per heavy atom. The lowest BCUT2D eigenvalue weighted by Gasteiger charge is -2.10. The topological polar surface area (TPSA) is 64.0 Å². The lowest BCUT2D eigenvalue weighted by atomic mass is 10.2. The molecule has 2 rings (SSSR count). The largest absolute Gasteiger partial charge is 0.265 e. The van der Waals surface area contributed by atoms with Gasteiger partial charge in [-0.25, -0.2) is 13.1 Å². The third-order valence-corrected chi connectivity index (χ3v) is 6.29. The van der Waals surface area contributed by atoms with Crippen LogP contribution >= 0.6 is 11.3 Å². The van der Waals surface area contributed by atoms with Crippen molar-refractivity contribution in [3.05, 3.63) is 23.7 Å². The van der Waals surface area contributed by atoms with Gasteiger partial charge in [0.1, 0.15) is 4.21 Å². The fourth-order valence-corrected chi connectivity index (χ4v) is 4.48. The van der Waals surface area contributed by atoms with Crippen LogP contribution in [-0.2, 0) is 16.6 Å². The molecule has 2 aromatic rings. The Balaban J connectivity index is 2.27. The summed E-state index contributed by atoms with van der Waals surface area (Å²) in [7, 11) is -3.43. The van der Waals surface area contributed by atoms with Crippen LogP contribution < -0.4 is 4.72 Å². The Morgan fingerprint density at radius 1 is 1.43 bits per heavy atom. The molecule has 2 heterocycles. The van der Waals surface area contributed by atoms with Crippen molar-refractivity contribution in [1.29, 1.82) is 0 Å². The number of hydrogen-bond donors (Lipinski definition) is 1. The SMILES string of the molecule is CCCn1nccc1-c1csc(S(=O)(=O)NC(C)CC)c1. The molecule has 0 fully saturated rings. The van der Waals surface area contributed by atoms with Crippen LogP contribution in [0.2, 0.25) is 0 Å². The lowest BCUT2D eigenvalue weighted by Crippen LogP contribution is -2.31. The van der Waals surface area contributed by atoms with Crippen LogP contribution in [0.25, 0.3) is 11.3 Å². The number of sulfonamides is 1. The molecule has 2 aromatic heterocycles. The maximum Gasteiger partial charge on any atom is 0.250 e. The molecular formula is C14H21N3O2S2. The number of rotatable bonds is 7. The van der Waals surface area contributed by atoms with Gasteiger partial charge in [0.15, 0.2) is 0 Å². The van der Waals surface area contributed by atoms with Crippen LogP contribution in [-0.4, -0.2) is 24.2 Å². The van der Waals surface area contributed by atoms with Gasteiger partial charge in [0.05, 0.1) is 5.69 Å². The van der Waals surface area contributed by atoms with Gasteiger partial charge in [0.25, 0.3) is 0 Å². The molecular weight excluding hydrogens is 306 g/mol. The van der Waals surface area contributed by atoms with E-state index in [4.69, 9.17) is 0 Å². The summed E-state index contributed by atoms with van der Waals surface area (Å²) in [5, 5.41) is 6.14. The fraction of sp³-hybridized carbons (Fsp3) is 0.500. The molecule has 0 aliphatic heterocycles. The van der Waals surface area contributed by atoms with Crippen molar-refractivity contribution >= 4 is 21.4 Å². The Hall–Kier alpha value is -1.18. The Kier molecular flexibility index (Phi) is 5.18. The average molecular weight is 327 g/mol. The van der Waals surface area contributed by atoms with Gasteiger partial charge in [0, 0.05) is 29.7 Å². The lowest BCUT2D eigenvalue weighted by molar-refractivity contribution is 0.558. The van der Waals surface area contributed by atoms with Crippen LogP contribution in [0.5, 0.6) is 0 Å². The van der Waals surface area contributed by atoms with E-state index in [0.29, 0.717) is 4.21 Å². The molecule has 0 spiro atoms. The molecule has 0 aliphatic rings. The predicted octanol–water partition coefficient (Wildman–Crippen LogP) is 3.10. The van der Waals surface area contributed by atoms with E-state index in [1.165, 1.54) is 11.3 Å². The first-order valence-corrected chi connectivity index (χ1v) is 9.47. The summed E-state index contributed by atoms with van der Waals surface area (Å²) in [6.45, 7) is 6.73. The second kappa shape index (κ2) is 6.72. The predicted molar refractivity (Wildman–Crippen MR) is 85.9 cm³/mol. The normalized spacial score (nSPS) is 13.5. The smallest absolute Gasteiger partial charge is 0.250 e. The molecule has 21 heavy (non-hydrogen) atoms. The van der Waals surface area contributed by atoms with Crippen LogP contribution in [0.4, 0.5) is 0 Å². The molecule has 0 bridgehead atoms. The molecule has 1 atom stereocenters. The first-order valence-electron chi connectivity index (χ1n) is 7.11. The van der Waals surface area contributed by atoms with Crippen molar-refractivity contribution in [2.75, 3.05) is 0 Å². The second-order valence-corrected chi connectivity index (χ2v) is 7.88. The molecule has 116 valence electrons. The van der Waals surface area contributed by atoms with Crippen molar-refractivity contribution in [3.8, 4) is 11.3 Å². The van der Waals surface area contributed by atoms with Crippen LogP contribution in [0.3, 0.4) is 0 Å². The van der Waals surface area contributed by atoms with E-state index < -0.39 is 10.0 Å². The number of hydrogen-bond acceptors (Lipinski definition) is 4. The Bertz CT molecular complexity index is 689. The summed E-state index contributed by atoms with van der Waals surface area (Å²) >= 11 is 1.24. The number of nitrogens with zero attached hydrogens (tertiary/aromatic N) is 2. The van der Waals surface area contributed by atoms with Crippen LogP contribution in [0, 0.1) is 0 Å². The van der Waals surface area contributed by atoms with Gasteiger partial charge in [-0.3, -0.25) is 4.68 Å². The highest BCUT2D eigenvalue weighted by molar-refractivity contribution is 7.91. The first kappa shape index (κ1) is 16.2. The van der Waals surface area contributed by atoms with Gasteiger partial charge in [-0.05, 0) is 31.9 Å². The van der Waals surface area contributed by atoms with Crippen molar-refractivity contribution in [2.45, 2.75) is 50.4 Å². The van der Waals surface area contributed by atoms with E-state index in [2.05, 4.69) is 16.7 Å². The number of aromatic nitrogens is 2. The molecule has 1 N–H and O–H groups in total. The van der Waals surface area contributed by atoms with Gasteiger partial charge >= 0.3 is 0 Å². The van der Waals surface area contributed by atoms with E-state index in [1.807, 2.05) is 30.0 Å². The summed E-state index contributed by atoms with van der Waals surface area (Å²) in [6, 6.07) is 3.57. The zero-order valence-corrected chi connectivity index (χ0v) is 14.2. The standard InChI is InChI=1S/C14H21N3O2S2/c1-4-8-17-13(6-7-15-17)12-9-14(20-10-12)21(18,19)16-11(3)5-2/h6-7,9-11,16H,4-5,8H2,1-3H3. The van der Waals surface area contributed by atoms with Crippen molar-refractivity contribution < 1.29 is 8.42 Å². The molecule has 0 aliphatic carbocycles. The third-order valence-electron chi connectivity index (χ3n) is 3.26. The van der Waals surface area contributed by atoms with Crippen molar-refractivity contribution in [1.82, 2.24) is 14.5 Å². The van der Waals surface area contributed by atoms with Crippen LogP contribution in [0.15, 0.2) is 27.9 Å². The fourth-order valence-electron chi connectivity index (χ4n) is 1.97. The molecule has 0 saturated carbocycles. The maximum atomic E-state index is 12.3. The average Bonchev–Trinajstić information content (AvgIpc) is 3.06. The highest BCUT2D eigenvalue weighted by Gasteiger charge is 2.20. The van der Waals surface area contributed by atoms with E-state index in [1.54, 1.807) is 12.3 Å². The zero-order chi connectivity index (χ0) is 15.5. The molecule has 0 amide bonds. The van der Waals surface area contributed by atoms with Gasteiger partial charge in [0.2, 0.25) is 10.0 Å². The van der Waals surface area contributed by atoms with Gasteiger partial charge in [-0.1, -0.05) is 13.8 Å². The second-order valence-electron chi connectivity index (χ2n) is 5.02. The Labute approximate surface area is 130 Å². The molecule has 7 heteroatoms. The monoisotopic (exact) mass is 327 g/mol. The number of nitrogens with one attached hydrogen (secondary N) is 1. The van der Waals surface area contributed by atoms with Gasteiger partial charge in [-0.2, -0.15) is 5.10 Å². The summed E-state index contributed by atoms with van der Waals surface area (Å²) in [5.41, 5.74) is 1.86. The summed E-state index contributed by atoms with van der Waals surface area (Å²) in [6.07, 6.45) is 3.49. The minimum Gasteiger partial charge on any atom is -0.265 e. The zero-order valence-electron chi connectivity index (χ0n) is 12.5. The van der Waals surface area contributed by atoms with Crippen LogP contribution in [0.1, 0.15) is 33.6 Å². The Morgan fingerprint density at radius 2 is 2.19 bits per heavy atom. The van der Waals surface area contributed by atoms with Gasteiger partial charge in [-0.15, -0.1) is 11.3 Å². The number of thiophene rings is 1. The quantitative estimate of drug-likeness (QED) is 0.850. The molecule has 0 saturated heterocycles. The number of aryl methyl sites for hydroxylation is 1.